The number of rotatable bonds is 2. The van der Waals surface area contributed by atoms with Gasteiger partial charge in [-0.2, -0.15) is 0 Å². The standard InChI is InChI=1S/C5H11P/c1-2-3-4-5-6/h3-4H,2,5-6H2,1H3/b4-3+. The zero-order valence-corrected chi connectivity index (χ0v) is 5.30. The Bertz CT molecular complexity index is 33.2. The Hall–Kier alpha value is 0.170. The zero-order chi connectivity index (χ0) is 4.83. The Morgan fingerprint density at radius 2 is 2.17 bits per heavy atom. The quantitative estimate of drug-likeness (QED) is 0.368. The third kappa shape index (κ3) is 4.17. The summed E-state index contributed by atoms with van der Waals surface area (Å²) in [5, 5.41) is 0. The molecule has 1 atom stereocenters. The van der Waals surface area contributed by atoms with Crippen LogP contribution in [0.2, 0.25) is 0 Å². The highest BCUT2D eigenvalue weighted by atomic mass is 31.0. The maximum atomic E-state index is 2.64. The van der Waals surface area contributed by atoms with Crippen molar-refractivity contribution in [2.24, 2.45) is 0 Å². The number of allylic oxidation sites excluding steroid dienone is 2. The molecule has 0 aliphatic heterocycles. The van der Waals surface area contributed by atoms with E-state index >= 15 is 0 Å². The molecular weight excluding hydrogens is 91.0 g/mol. The summed E-state index contributed by atoms with van der Waals surface area (Å²) in [6.07, 6.45) is 6.56. The molecule has 0 radical (unpaired) electrons. The van der Waals surface area contributed by atoms with Gasteiger partial charge in [0.2, 0.25) is 0 Å². The van der Waals surface area contributed by atoms with E-state index in [0.717, 1.165) is 12.6 Å². The molecule has 0 saturated heterocycles. The van der Waals surface area contributed by atoms with E-state index in [9.17, 15) is 0 Å². The lowest BCUT2D eigenvalue weighted by molar-refractivity contribution is 1.22. The first-order valence-electron chi connectivity index (χ1n) is 2.27. The van der Waals surface area contributed by atoms with Crippen LogP contribution in [0.15, 0.2) is 12.2 Å². The monoisotopic (exact) mass is 102 g/mol. The molecule has 0 N–H and O–H groups in total. The summed E-state index contributed by atoms with van der Waals surface area (Å²) >= 11 is 0. The summed E-state index contributed by atoms with van der Waals surface area (Å²) in [7, 11) is 2.64. The van der Waals surface area contributed by atoms with Crippen molar-refractivity contribution in [3.05, 3.63) is 12.2 Å². The van der Waals surface area contributed by atoms with Crippen molar-refractivity contribution in [1.82, 2.24) is 0 Å². The molecule has 0 aliphatic rings. The smallest absolute Gasteiger partial charge is 0.0200 e. The predicted octanol–water partition coefficient (Wildman–Crippen LogP) is 1.83. The van der Waals surface area contributed by atoms with E-state index in [1.54, 1.807) is 0 Å². The molecule has 0 aliphatic carbocycles. The predicted molar refractivity (Wildman–Crippen MR) is 34.0 cm³/mol. The second kappa shape index (κ2) is 5.17. The van der Waals surface area contributed by atoms with E-state index in [-0.39, 0.29) is 0 Å². The lowest BCUT2D eigenvalue weighted by Crippen LogP contribution is -1.55. The second-order valence-corrected chi connectivity index (χ2v) is 1.59. The molecule has 1 unspecified atom stereocenters. The van der Waals surface area contributed by atoms with Gasteiger partial charge < -0.3 is 0 Å². The van der Waals surface area contributed by atoms with Gasteiger partial charge in [0, 0.05) is 0 Å². The average Bonchev–Trinajstić information content (AvgIpc) is 1.61. The van der Waals surface area contributed by atoms with Crippen molar-refractivity contribution in [3.8, 4) is 0 Å². The molecule has 0 heterocycles. The first-order valence-corrected chi connectivity index (χ1v) is 3.08. The van der Waals surface area contributed by atoms with Crippen molar-refractivity contribution >= 4 is 9.24 Å². The van der Waals surface area contributed by atoms with Crippen LogP contribution in [0.3, 0.4) is 0 Å². The van der Waals surface area contributed by atoms with Crippen LogP contribution < -0.4 is 0 Å². The summed E-state index contributed by atoms with van der Waals surface area (Å²) in [6, 6.07) is 0. The SMILES string of the molecule is CC/C=C/CP. The van der Waals surface area contributed by atoms with Crippen LogP contribution in [0.5, 0.6) is 0 Å². The van der Waals surface area contributed by atoms with Crippen LogP contribution >= 0.6 is 9.24 Å². The van der Waals surface area contributed by atoms with Crippen LogP contribution in [0.25, 0.3) is 0 Å². The van der Waals surface area contributed by atoms with Crippen LogP contribution in [0.4, 0.5) is 0 Å². The molecular formula is C5H11P. The summed E-state index contributed by atoms with van der Waals surface area (Å²) in [5.74, 6) is 0. The van der Waals surface area contributed by atoms with Gasteiger partial charge in [0.1, 0.15) is 0 Å². The third-order valence-electron chi connectivity index (χ3n) is 0.538. The van der Waals surface area contributed by atoms with E-state index in [4.69, 9.17) is 0 Å². The van der Waals surface area contributed by atoms with E-state index in [1.165, 1.54) is 0 Å². The minimum atomic E-state index is 1.09. The van der Waals surface area contributed by atoms with Gasteiger partial charge in [0.25, 0.3) is 0 Å². The van der Waals surface area contributed by atoms with Crippen LogP contribution in [-0.4, -0.2) is 6.16 Å². The number of hydrogen-bond donors (Lipinski definition) is 0. The van der Waals surface area contributed by atoms with Gasteiger partial charge in [-0.1, -0.05) is 19.1 Å². The highest BCUT2D eigenvalue weighted by molar-refractivity contribution is 7.16. The average molecular weight is 102 g/mol. The maximum absolute atomic E-state index is 2.64. The molecule has 1 heteroatoms. The minimum absolute atomic E-state index is 1.09. The molecule has 6 heavy (non-hydrogen) atoms. The summed E-state index contributed by atoms with van der Waals surface area (Å²) in [4.78, 5) is 0. The summed E-state index contributed by atoms with van der Waals surface area (Å²) < 4.78 is 0. The molecule has 0 bridgehead atoms. The van der Waals surface area contributed by atoms with Crippen molar-refractivity contribution in [3.63, 3.8) is 0 Å². The molecule has 0 spiro atoms. The fourth-order valence-electron chi connectivity index (χ4n) is 0.263. The number of hydrogen-bond acceptors (Lipinski definition) is 0. The van der Waals surface area contributed by atoms with E-state index < -0.39 is 0 Å². The third-order valence-corrected chi connectivity index (χ3v) is 0.811. The lowest BCUT2D eigenvalue weighted by atomic mass is 10.4. The van der Waals surface area contributed by atoms with Gasteiger partial charge >= 0.3 is 0 Å². The Balaban J connectivity index is 2.73. The van der Waals surface area contributed by atoms with Gasteiger partial charge in [-0.25, -0.2) is 0 Å². The fourth-order valence-corrected chi connectivity index (χ4v) is 0.455. The zero-order valence-electron chi connectivity index (χ0n) is 4.15. The second-order valence-electron chi connectivity index (χ2n) is 1.12. The van der Waals surface area contributed by atoms with Gasteiger partial charge in [-0.05, 0) is 12.6 Å². The van der Waals surface area contributed by atoms with Crippen molar-refractivity contribution in [2.75, 3.05) is 6.16 Å². The van der Waals surface area contributed by atoms with Gasteiger partial charge in [-0.3, -0.25) is 0 Å². The largest absolute Gasteiger partial charge is 0.134 e. The molecule has 0 aromatic rings. The van der Waals surface area contributed by atoms with Crippen molar-refractivity contribution in [1.29, 1.82) is 0 Å². The summed E-state index contributed by atoms with van der Waals surface area (Å²) in [6.45, 7) is 2.14. The van der Waals surface area contributed by atoms with Crippen LogP contribution in [0.1, 0.15) is 13.3 Å². The molecule has 0 amide bonds. The topological polar surface area (TPSA) is 0 Å². The minimum Gasteiger partial charge on any atom is -0.134 e. The van der Waals surface area contributed by atoms with E-state index in [1.807, 2.05) is 0 Å². The maximum Gasteiger partial charge on any atom is -0.0200 e. The molecule has 0 saturated carbocycles. The highest BCUT2D eigenvalue weighted by Gasteiger charge is 1.60. The van der Waals surface area contributed by atoms with Crippen molar-refractivity contribution < 1.29 is 0 Å². The first kappa shape index (κ1) is 6.17. The van der Waals surface area contributed by atoms with Gasteiger partial charge in [-0.15, -0.1) is 9.24 Å². The van der Waals surface area contributed by atoms with Gasteiger partial charge in [0.05, 0.1) is 0 Å². The fraction of sp³-hybridized carbons (Fsp3) is 0.600. The van der Waals surface area contributed by atoms with Crippen LogP contribution in [-0.2, 0) is 0 Å². The highest BCUT2D eigenvalue weighted by Crippen LogP contribution is 1.83. The van der Waals surface area contributed by atoms with Crippen molar-refractivity contribution in [2.45, 2.75) is 13.3 Å². The van der Waals surface area contributed by atoms with Crippen LogP contribution in [0, 0.1) is 0 Å². The van der Waals surface area contributed by atoms with E-state index in [0.29, 0.717) is 0 Å². The normalized spacial score (nSPS) is 10.3. The Labute approximate surface area is 41.8 Å². The first-order chi connectivity index (χ1) is 2.91. The molecule has 36 valence electrons. The van der Waals surface area contributed by atoms with Gasteiger partial charge in [0.15, 0.2) is 0 Å². The summed E-state index contributed by atoms with van der Waals surface area (Å²) in [5.41, 5.74) is 0. The molecule has 0 fully saturated rings. The molecule has 0 aromatic carbocycles. The Morgan fingerprint density at radius 1 is 1.50 bits per heavy atom. The molecule has 0 rings (SSSR count). The lowest BCUT2D eigenvalue weighted by Gasteiger charge is -1.72. The Kier molecular flexibility index (Phi) is 5.32. The Morgan fingerprint density at radius 3 is 2.33 bits per heavy atom. The van der Waals surface area contributed by atoms with E-state index in [2.05, 4.69) is 28.3 Å². The molecule has 0 aromatic heterocycles. The molecule has 0 nitrogen and oxygen atoms in total.